The third-order valence-corrected chi connectivity index (χ3v) is 5.12. The van der Waals surface area contributed by atoms with Crippen LogP contribution >= 0.6 is 0 Å². The first-order valence-corrected chi connectivity index (χ1v) is 9.75. The van der Waals surface area contributed by atoms with Crippen molar-refractivity contribution in [1.82, 2.24) is 9.55 Å². The van der Waals surface area contributed by atoms with Crippen molar-refractivity contribution in [3.05, 3.63) is 65.5 Å². The lowest BCUT2D eigenvalue weighted by molar-refractivity contribution is -0.118. The molecule has 0 saturated heterocycles. The molecule has 0 spiro atoms. The van der Waals surface area contributed by atoms with Gasteiger partial charge in [0.1, 0.15) is 11.6 Å². The summed E-state index contributed by atoms with van der Waals surface area (Å²) in [7, 11) is 0. The summed E-state index contributed by atoms with van der Waals surface area (Å²) >= 11 is 0. The lowest BCUT2D eigenvalue weighted by atomic mass is 10.1. The SMILES string of the molecule is Cc1ccc(OCC(=O)Nc2ccc(-c3ncc4n3CCCC4)cc2)c(C)c1. The molecule has 1 N–H and O–H groups in total. The number of amides is 1. The van der Waals surface area contributed by atoms with Gasteiger partial charge in [-0.25, -0.2) is 4.98 Å². The predicted octanol–water partition coefficient (Wildman–Crippen LogP) is 4.52. The van der Waals surface area contributed by atoms with Crippen molar-refractivity contribution in [2.24, 2.45) is 0 Å². The molecule has 0 bridgehead atoms. The highest BCUT2D eigenvalue weighted by atomic mass is 16.5. The molecule has 5 nitrogen and oxygen atoms in total. The van der Waals surface area contributed by atoms with Gasteiger partial charge in [-0.3, -0.25) is 4.79 Å². The Morgan fingerprint density at radius 2 is 1.96 bits per heavy atom. The molecule has 1 aliphatic rings. The molecule has 0 saturated carbocycles. The molecule has 0 atom stereocenters. The first-order valence-electron chi connectivity index (χ1n) is 9.75. The van der Waals surface area contributed by atoms with E-state index in [1.165, 1.54) is 24.1 Å². The number of ether oxygens (including phenoxy) is 1. The number of nitrogens with zero attached hydrogens (tertiary/aromatic N) is 2. The van der Waals surface area contributed by atoms with Crippen molar-refractivity contribution in [2.75, 3.05) is 11.9 Å². The molecule has 28 heavy (non-hydrogen) atoms. The fraction of sp³-hybridized carbons (Fsp3) is 0.304. The highest BCUT2D eigenvalue weighted by Gasteiger charge is 2.15. The number of rotatable bonds is 5. The quantitative estimate of drug-likeness (QED) is 0.713. The Hall–Kier alpha value is -3.08. The molecule has 0 fully saturated rings. The van der Waals surface area contributed by atoms with Gasteiger partial charge in [0.25, 0.3) is 5.91 Å². The summed E-state index contributed by atoms with van der Waals surface area (Å²) in [6.07, 6.45) is 5.52. The van der Waals surface area contributed by atoms with Crippen molar-refractivity contribution in [3.8, 4) is 17.1 Å². The molecule has 3 aromatic rings. The number of imidazole rings is 1. The molecule has 1 amide bonds. The second kappa shape index (κ2) is 7.89. The Morgan fingerprint density at radius 1 is 1.14 bits per heavy atom. The highest BCUT2D eigenvalue weighted by Crippen LogP contribution is 2.25. The first-order chi connectivity index (χ1) is 13.6. The van der Waals surface area contributed by atoms with Crippen molar-refractivity contribution in [3.63, 3.8) is 0 Å². The molecule has 0 unspecified atom stereocenters. The smallest absolute Gasteiger partial charge is 0.262 e. The van der Waals surface area contributed by atoms with Crippen molar-refractivity contribution < 1.29 is 9.53 Å². The van der Waals surface area contributed by atoms with Crippen molar-refractivity contribution in [1.29, 1.82) is 0 Å². The average Bonchev–Trinajstić information content (AvgIpc) is 3.12. The van der Waals surface area contributed by atoms with Gasteiger partial charge in [0.15, 0.2) is 6.61 Å². The minimum Gasteiger partial charge on any atom is -0.483 e. The van der Waals surface area contributed by atoms with E-state index in [1.807, 2.05) is 62.5 Å². The van der Waals surface area contributed by atoms with E-state index in [4.69, 9.17) is 4.74 Å². The van der Waals surface area contributed by atoms with Gasteiger partial charge in [0.2, 0.25) is 0 Å². The molecule has 4 rings (SSSR count). The van der Waals surface area contributed by atoms with E-state index >= 15 is 0 Å². The van der Waals surface area contributed by atoms with Gasteiger partial charge in [-0.05, 0) is 69.0 Å². The van der Waals surface area contributed by atoms with Crippen LogP contribution in [0.3, 0.4) is 0 Å². The van der Waals surface area contributed by atoms with Crippen LogP contribution in [0.2, 0.25) is 0 Å². The number of aromatic nitrogens is 2. The van der Waals surface area contributed by atoms with E-state index in [2.05, 4.69) is 14.9 Å². The van der Waals surface area contributed by atoms with Gasteiger partial charge in [0, 0.05) is 29.7 Å². The molecular formula is C23H25N3O2. The van der Waals surface area contributed by atoms with Crippen molar-refractivity contribution in [2.45, 2.75) is 39.7 Å². The molecule has 5 heteroatoms. The maximum Gasteiger partial charge on any atom is 0.262 e. The van der Waals surface area contributed by atoms with E-state index in [-0.39, 0.29) is 12.5 Å². The molecule has 1 aromatic heterocycles. The second-order valence-electron chi connectivity index (χ2n) is 7.37. The Morgan fingerprint density at radius 3 is 2.75 bits per heavy atom. The monoisotopic (exact) mass is 375 g/mol. The summed E-state index contributed by atoms with van der Waals surface area (Å²) in [5.41, 5.74) is 5.33. The van der Waals surface area contributed by atoms with Gasteiger partial charge in [0.05, 0.1) is 0 Å². The number of nitrogens with one attached hydrogen (secondary N) is 1. The second-order valence-corrected chi connectivity index (χ2v) is 7.37. The fourth-order valence-electron chi connectivity index (χ4n) is 3.67. The van der Waals surface area contributed by atoms with E-state index in [0.29, 0.717) is 0 Å². The first kappa shape index (κ1) is 18.3. The van der Waals surface area contributed by atoms with Crippen molar-refractivity contribution >= 4 is 11.6 Å². The van der Waals surface area contributed by atoms with Crippen LogP contribution in [0.15, 0.2) is 48.7 Å². The summed E-state index contributed by atoms with van der Waals surface area (Å²) in [5.74, 6) is 1.57. The fourth-order valence-corrected chi connectivity index (χ4v) is 3.67. The largest absolute Gasteiger partial charge is 0.483 e. The number of carbonyl (C=O) groups is 1. The molecule has 2 heterocycles. The third-order valence-electron chi connectivity index (χ3n) is 5.12. The van der Waals surface area contributed by atoms with Crippen LogP contribution in [0.1, 0.15) is 29.7 Å². The molecule has 1 aliphatic heterocycles. The summed E-state index contributed by atoms with van der Waals surface area (Å²) in [4.78, 5) is 16.8. The van der Waals surface area contributed by atoms with Crippen LogP contribution in [0, 0.1) is 13.8 Å². The summed E-state index contributed by atoms with van der Waals surface area (Å²) in [5, 5.41) is 2.89. The van der Waals surface area contributed by atoms with Crippen LogP contribution in [-0.4, -0.2) is 22.1 Å². The standard InChI is InChI=1S/C23H25N3O2/c1-16-6-11-21(17(2)13-16)28-15-22(27)25-19-9-7-18(8-10-19)23-24-14-20-5-3-4-12-26(20)23/h6-11,13-14H,3-5,12,15H2,1-2H3,(H,25,27). The van der Waals surface area contributed by atoms with Crippen LogP contribution in [0.5, 0.6) is 5.75 Å². The predicted molar refractivity (Wildman–Crippen MR) is 111 cm³/mol. The van der Waals surface area contributed by atoms with Crippen LogP contribution in [-0.2, 0) is 17.8 Å². The van der Waals surface area contributed by atoms with E-state index in [0.717, 1.165) is 41.4 Å². The molecule has 144 valence electrons. The van der Waals surface area contributed by atoms with Gasteiger partial charge in [-0.15, -0.1) is 0 Å². The Balaban J connectivity index is 1.38. The third kappa shape index (κ3) is 3.93. The van der Waals surface area contributed by atoms with Gasteiger partial charge in [-0.2, -0.15) is 0 Å². The highest BCUT2D eigenvalue weighted by molar-refractivity contribution is 5.92. The zero-order valence-electron chi connectivity index (χ0n) is 16.4. The minimum absolute atomic E-state index is 0.0145. The number of carbonyl (C=O) groups excluding carboxylic acids is 1. The van der Waals surface area contributed by atoms with Crippen LogP contribution < -0.4 is 10.1 Å². The Labute approximate surface area is 165 Å². The lowest BCUT2D eigenvalue weighted by Crippen LogP contribution is -2.20. The van der Waals surface area contributed by atoms with Gasteiger partial charge < -0.3 is 14.6 Å². The molecule has 0 aliphatic carbocycles. The molecule has 2 aromatic carbocycles. The van der Waals surface area contributed by atoms with E-state index in [1.54, 1.807) is 0 Å². The Kier molecular flexibility index (Phi) is 5.15. The molecular weight excluding hydrogens is 350 g/mol. The average molecular weight is 375 g/mol. The lowest BCUT2D eigenvalue weighted by Gasteiger charge is -2.16. The number of aryl methyl sites for hydroxylation is 3. The van der Waals surface area contributed by atoms with Crippen LogP contribution in [0.4, 0.5) is 5.69 Å². The Bertz CT molecular complexity index is 990. The minimum atomic E-state index is -0.175. The van der Waals surface area contributed by atoms with Gasteiger partial charge in [-0.1, -0.05) is 17.7 Å². The number of fused-ring (bicyclic) bond motifs is 1. The zero-order chi connectivity index (χ0) is 19.5. The van der Waals surface area contributed by atoms with E-state index in [9.17, 15) is 4.79 Å². The number of hydrogen-bond donors (Lipinski definition) is 1. The number of anilines is 1. The molecule has 0 radical (unpaired) electrons. The summed E-state index contributed by atoms with van der Waals surface area (Å²) in [6, 6.07) is 13.8. The maximum atomic E-state index is 12.2. The number of benzene rings is 2. The van der Waals surface area contributed by atoms with Gasteiger partial charge >= 0.3 is 0 Å². The summed E-state index contributed by atoms with van der Waals surface area (Å²) in [6.45, 7) is 5.03. The zero-order valence-corrected chi connectivity index (χ0v) is 16.4. The van der Waals surface area contributed by atoms with Crippen LogP contribution in [0.25, 0.3) is 11.4 Å². The maximum absolute atomic E-state index is 12.2. The van der Waals surface area contributed by atoms with E-state index < -0.39 is 0 Å². The normalized spacial score (nSPS) is 13.1. The topological polar surface area (TPSA) is 56.1 Å². The number of hydrogen-bond acceptors (Lipinski definition) is 3. The summed E-state index contributed by atoms with van der Waals surface area (Å²) < 4.78 is 7.95.